The van der Waals surface area contributed by atoms with Gasteiger partial charge in [-0.05, 0) is 107 Å². The fourth-order valence-corrected chi connectivity index (χ4v) is 15.2. The highest BCUT2D eigenvalue weighted by molar-refractivity contribution is 8.01. The number of allylic oxidation sites excluding steroid dienone is 1. The zero-order valence-corrected chi connectivity index (χ0v) is 37.8. The highest BCUT2D eigenvalue weighted by atomic mass is 32.2. The quantitative estimate of drug-likeness (QED) is 0.167. The summed E-state index contributed by atoms with van der Waals surface area (Å²) in [6.07, 6.45) is 2.13. The van der Waals surface area contributed by atoms with Crippen LogP contribution in [0.4, 0.5) is 34.1 Å². The number of nitrogens with zero attached hydrogens (tertiary/aromatic N) is 6. The number of para-hydroxylation sites is 4. The van der Waals surface area contributed by atoms with Gasteiger partial charge < -0.3 is 9.80 Å². The molecular formula is C56H28N6S4. The molecule has 0 fully saturated rings. The van der Waals surface area contributed by atoms with Gasteiger partial charge in [-0.15, -0.1) is 0 Å². The molecule has 1 unspecified atom stereocenters. The molecule has 9 aromatic rings. The number of hydrogen-bond acceptors (Lipinski definition) is 10. The van der Waals surface area contributed by atoms with Crippen molar-refractivity contribution in [1.29, 1.82) is 10.5 Å². The van der Waals surface area contributed by atoms with Crippen LogP contribution in [0.3, 0.4) is 0 Å². The van der Waals surface area contributed by atoms with Crippen molar-refractivity contribution in [2.45, 2.75) is 45.6 Å². The molecule has 6 aliphatic rings. The van der Waals surface area contributed by atoms with Gasteiger partial charge in [0.15, 0.2) is 0 Å². The smallest absolute Gasteiger partial charge is 0.0979 e. The number of fused-ring (bicyclic) bond motifs is 12. The third-order valence-electron chi connectivity index (χ3n) is 13.5. The average molecular weight is 913 g/mol. The third-order valence-corrected chi connectivity index (χ3v) is 17.9. The normalized spacial score (nSPS) is 15.7. The Hall–Kier alpha value is -7.18. The van der Waals surface area contributed by atoms with Gasteiger partial charge in [0.2, 0.25) is 0 Å². The molecule has 0 N–H and O–H groups in total. The first-order valence-corrected chi connectivity index (χ1v) is 24.9. The summed E-state index contributed by atoms with van der Waals surface area (Å²) in [6.45, 7) is 0. The lowest BCUT2D eigenvalue weighted by Gasteiger charge is -2.38. The van der Waals surface area contributed by atoms with Gasteiger partial charge in [0.1, 0.15) is 0 Å². The van der Waals surface area contributed by atoms with Crippen LogP contribution in [0.25, 0.3) is 61.6 Å². The molecule has 6 nitrogen and oxygen atoms in total. The summed E-state index contributed by atoms with van der Waals surface area (Å²) in [5.74, 6) is -0.539. The van der Waals surface area contributed by atoms with Crippen LogP contribution in [0.1, 0.15) is 11.4 Å². The first kappa shape index (κ1) is 37.1. The molecule has 0 amide bonds. The van der Waals surface area contributed by atoms with Gasteiger partial charge in [0, 0.05) is 67.7 Å². The second-order valence-electron chi connectivity index (χ2n) is 17.0. The van der Waals surface area contributed by atoms with E-state index in [1.54, 1.807) is 6.08 Å². The van der Waals surface area contributed by atoms with Crippen LogP contribution >= 0.6 is 47.0 Å². The second kappa shape index (κ2) is 13.7. The number of benzene rings is 8. The average Bonchev–Trinajstić information content (AvgIpc) is 3.67. The standard InChI is InChI=1S/C56H28N6S4/c57-27-31-23-37-38(24-32(31)28-58)60-54-36-20-18-34(30-16-22-42-50(26-30)66-48-14-6-12-46-56(48)62(42)40-8-2-4-10-44(40)64-46)51-33(17-19-35(52(36)51)53(54)59-37)29-15-21-41-49(25-29)65-47-13-5-11-45-55(47)61(41)39-7-1-3-9-43(39)63-45/h1-23,25-26,32H,24H2. The van der Waals surface area contributed by atoms with Crippen molar-refractivity contribution in [3.8, 4) is 56.9 Å². The first-order chi connectivity index (χ1) is 32.6. The molecule has 4 aliphatic heterocycles. The van der Waals surface area contributed by atoms with Crippen molar-refractivity contribution in [3.63, 3.8) is 0 Å². The maximum atomic E-state index is 9.97. The molecule has 0 saturated carbocycles. The summed E-state index contributed by atoms with van der Waals surface area (Å²) in [5.41, 5.74) is 17.4. The van der Waals surface area contributed by atoms with E-state index in [2.05, 4.69) is 168 Å². The summed E-state index contributed by atoms with van der Waals surface area (Å²) in [7, 11) is 0. The Bertz CT molecular complexity index is 3720. The van der Waals surface area contributed by atoms with E-state index >= 15 is 0 Å². The van der Waals surface area contributed by atoms with Crippen molar-refractivity contribution in [3.05, 3.63) is 163 Å². The summed E-state index contributed by atoms with van der Waals surface area (Å²) in [6, 6.07) is 58.2. The van der Waals surface area contributed by atoms with E-state index in [1.807, 2.05) is 47.0 Å². The van der Waals surface area contributed by atoms with Crippen molar-refractivity contribution < 1.29 is 0 Å². The van der Waals surface area contributed by atoms with Crippen LogP contribution in [0.2, 0.25) is 0 Å². The number of rotatable bonds is 2. The lowest BCUT2D eigenvalue weighted by molar-refractivity contribution is 0.751. The van der Waals surface area contributed by atoms with E-state index in [0.717, 1.165) is 61.2 Å². The fraction of sp³-hybridized carbons (Fsp3) is 0.0357. The van der Waals surface area contributed by atoms with Crippen molar-refractivity contribution in [2.75, 3.05) is 9.80 Å². The molecule has 8 aromatic carbocycles. The summed E-state index contributed by atoms with van der Waals surface area (Å²) >= 11 is 7.38. The molecule has 5 heterocycles. The number of anilines is 6. The molecule has 10 heteroatoms. The minimum atomic E-state index is -0.539. The maximum absolute atomic E-state index is 9.97. The van der Waals surface area contributed by atoms with Gasteiger partial charge in [-0.3, -0.25) is 0 Å². The van der Waals surface area contributed by atoms with Crippen molar-refractivity contribution >= 4 is 98.0 Å². The molecule has 0 bridgehead atoms. The highest BCUT2D eigenvalue weighted by Gasteiger charge is 2.36. The molecule has 66 heavy (non-hydrogen) atoms. The molecule has 0 saturated heterocycles. The fourth-order valence-electron chi connectivity index (χ4n) is 10.6. The Morgan fingerprint density at radius 2 is 0.924 bits per heavy atom. The predicted octanol–water partition coefficient (Wildman–Crippen LogP) is 16.0. The predicted molar refractivity (Wildman–Crippen MR) is 267 cm³/mol. The van der Waals surface area contributed by atoms with Crippen LogP contribution in [-0.4, -0.2) is 9.97 Å². The van der Waals surface area contributed by atoms with E-state index in [0.29, 0.717) is 17.7 Å². The van der Waals surface area contributed by atoms with Gasteiger partial charge >= 0.3 is 0 Å². The zero-order valence-electron chi connectivity index (χ0n) is 34.5. The van der Waals surface area contributed by atoms with Gasteiger partial charge in [0.05, 0.1) is 75.0 Å². The Balaban J connectivity index is 0.944. The summed E-state index contributed by atoms with van der Waals surface area (Å²) in [4.78, 5) is 25.4. The molecule has 1 atom stereocenters. The molecular weight excluding hydrogens is 885 g/mol. The number of hydrogen-bond donors (Lipinski definition) is 0. The number of nitriles is 2. The number of aromatic nitrogens is 2. The molecule has 306 valence electrons. The molecule has 2 aliphatic carbocycles. The Morgan fingerprint density at radius 3 is 1.45 bits per heavy atom. The maximum Gasteiger partial charge on any atom is 0.0979 e. The monoisotopic (exact) mass is 912 g/mol. The van der Waals surface area contributed by atoms with Crippen LogP contribution < -0.4 is 9.80 Å². The minimum Gasteiger partial charge on any atom is -0.306 e. The van der Waals surface area contributed by atoms with E-state index in [4.69, 9.17) is 9.97 Å². The summed E-state index contributed by atoms with van der Waals surface area (Å²) < 4.78 is 0. The zero-order chi connectivity index (χ0) is 43.4. The van der Waals surface area contributed by atoms with Crippen molar-refractivity contribution in [1.82, 2.24) is 9.97 Å². The minimum absolute atomic E-state index is 0.365. The van der Waals surface area contributed by atoms with Crippen LogP contribution in [0, 0.1) is 28.6 Å². The largest absolute Gasteiger partial charge is 0.306 e. The Kier molecular flexibility index (Phi) is 7.69. The SMILES string of the molecule is N#CC1=Cc2nc3c(nc2CC1C#N)-c1ccc(-c2ccc4c(c2)Sc2cccc5c2N4c2ccccc2S5)c2c(-c4ccc5c(c4)Sc4cccc6c4N5c4ccccc4S6)ccc-3c12. The molecule has 0 spiro atoms. The Labute approximate surface area is 396 Å². The van der Waals surface area contributed by atoms with Crippen LogP contribution in [0.15, 0.2) is 190 Å². The van der Waals surface area contributed by atoms with Crippen LogP contribution in [0.5, 0.6) is 0 Å². The molecule has 15 rings (SSSR count). The summed E-state index contributed by atoms with van der Waals surface area (Å²) in [5, 5.41) is 22.2. The molecule has 1 aromatic heterocycles. The van der Waals surface area contributed by atoms with Gasteiger partial charge in [-0.2, -0.15) is 10.5 Å². The lowest BCUT2D eigenvalue weighted by Crippen LogP contribution is -2.18. The molecule has 0 radical (unpaired) electrons. The third kappa shape index (κ3) is 5.07. The topological polar surface area (TPSA) is 79.8 Å². The highest BCUT2D eigenvalue weighted by Crippen LogP contribution is 2.63. The van der Waals surface area contributed by atoms with Crippen LogP contribution in [-0.2, 0) is 6.42 Å². The van der Waals surface area contributed by atoms with E-state index in [-0.39, 0.29) is 0 Å². The van der Waals surface area contributed by atoms with E-state index in [1.165, 1.54) is 73.3 Å². The van der Waals surface area contributed by atoms with E-state index < -0.39 is 5.92 Å². The lowest BCUT2D eigenvalue weighted by atomic mass is 9.88. The Morgan fingerprint density at radius 1 is 0.470 bits per heavy atom. The van der Waals surface area contributed by atoms with Crippen molar-refractivity contribution in [2.24, 2.45) is 5.92 Å². The van der Waals surface area contributed by atoms with Gasteiger partial charge in [-0.25, -0.2) is 9.97 Å². The van der Waals surface area contributed by atoms with E-state index in [9.17, 15) is 10.5 Å². The first-order valence-electron chi connectivity index (χ1n) is 21.7. The second-order valence-corrected chi connectivity index (χ2v) is 21.3. The van der Waals surface area contributed by atoms with Gasteiger partial charge in [-0.1, -0.05) is 120 Å². The van der Waals surface area contributed by atoms with Gasteiger partial charge in [0.25, 0.3) is 0 Å².